The van der Waals surface area contributed by atoms with Gasteiger partial charge in [-0.25, -0.2) is 0 Å². The van der Waals surface area contributed by atoms with Crippen molar-refractivity contribution in [2.75, 3.05) is 14.1 Å². The second-order valence-corrected chi connectivity index (χ2v) is 4.42. The summed E-state index contributed by atoms with van der Waals surface area (Å²) in [6, 6.07) is 8.25. The van der Waals surface area contributed by atoms with Gasteiger partial charge in [-0.05, 0) is 38.2 Å². The molecule has 1 rings (SSSR count). The molecule has 0 aliphatic carbocycles. The van der Waals surface area contributed by atoms with Crippen molar-refractivity contribution in [3.8, 4) is 0 Å². The van der Waals surface area contributed by atoms with Gasteiger partial charge in [0, 0.05) is 6.54 Å². The molecule has 0 radical (unpaired) electrons. The summed E-state index contributed by atoms with van der Waals surface area (Å²) in [5, 5.41) is 2.86. The van der Waals surface area contributed by atoms with Crippen LogP contribution in [0.4, 0.5) is 0 Å². The molecule has 0 spiro atoms. The van der Waals surface area contributed by atoms with Crippen molar-refractivity contribution >= 4 is 5.91 Å². The molecule has 92 valence electrons. The molecule has 3 nitrogen and oxygen atoms in total. The Hall–Kier alpha value is -1.61. The average Bonchev–Trinajstić information content (AvgIpc) is 2.28. The Balaban J connectivity index is 2.76. The van der Waals surface area contributed by atoms with Gasteiger partial charge in [0.2, 0.25) is 5.91 Å². The van der Waals surface area contributed by atoms with Crippen LogP contribution in [0.15, 0.2) is 36.9 Å². The van der Waals surface area contributed by atoms with Gasteiger partial charge in [0.1, 0.15) is 0 Å². The minimum atomic E-state index is -0.143. The Morgan fingerprint density at radius 2 is 2.24 bits per heavy atom. The number of carbonyl (C=O) groups excluding carboxylic acids is 1. The lowest BCUT2D eigenvalue weighted by atomic mass is 10.0. The molecule has 17 heavy (non-hydrogen) atoms. The molecular weight excluding hydrogens is 212 g/mol. The number of nitrogens with zero attached hydrogens (tertiary/aromatic N) is 1. The van der Waals surface area contributed by atoms with E-state index in [0.717, 1.165) is 12.1 Å². The second kappa shape index (κ2) is 6.21. The summed E-state index contributed by atoms with van der Waals surface area (Å²) in [6.45, 7) is 6.31. The van der Waals surface area contributed by atoms with Gasteiger partial charge in [-0.3, -0.25) is 4.79 Å². The zero-order valence-corrected chi connectivity index (χ0v) is 10.7. The number of carbonyl (C=O) groups is 1. The quantitative estimate of drug-likeness (QED) is 0.789. The Kier molecular flexibility index (Phi) is 4.91. The van der Waals surface area contributed by atoms with Gasteiger partial charge >= 0.3 is 0 Å². The van der Waals surface area contributed by atoms with Gasteiger partial charge in [-0.15, -0.1) is 0 Å². The van der Waals surface area contributed by atoms with Crippen molar-refractivity contribution in [1.82, 2.24) is 10.2 Å². The fraction of sp³-hybridized carbons (Fsp3) is 0.357. The maximum Gasteiger partial charge on any atom is 0.243 e. The third kappa shape index (κ3) is 4.41. The molecule has 0 fully saturated rings. The molecule has 1 aromatic carbocycles. The summed E-state index contributed by atoms with van der Waals surface area (Å²) in [5.74, 6) is -0.143. The van der Waals surface area contributed by atoms with Gasteiger partial charge in [0.05, 0.1) is 6.04 Å². The first kappa shape index (κ1) is 13.5. The average molecular weight is 232 g/mol. The first-order valence-corrected chi connectivity index (χ1v) is 5.69. The Labute approximate surface area is 103 Å². The van der Waals surface area contributed by atoms with Crippen LogP contribution in [0.2, 0.25) is 0 Å². The molecule has 0 saturated heterocycles. The molecule has 0 bridgehead atoms. The van der Waals surface area contributed by atoms with Crippen LogP contribution in [0.1, 0.15) is 24.1 Å². The van der Waals surface area contributed by atoms with Crippen molar-refractivity contribution in [2.24, 2.45) is 0 Å². The number of rotatable bonds is 5. The second-order valence-electron chi connectivity index (χ2n) is 4.42. The molecular formula is C14H20N2O. The van der Waals surface area contributed by atoms with E-state index in [9.17, 15) is 4.79 Å². The summed E-state index contributed by atoms with van der Waals surface area (Å²) >= 11 is 0. The first-order chi connectivity index (χ1) is 8.02. The molecule has 0 heterocycles. The molecule has 0 aliphatic heterocycles. The number of hydrogen-bond acceptors (Lipinski definition) is 2. The lowest BCUT2D eigenvalue weighted by molar-refractivity contribution is -0.117. The van der Waals surface area contributed by atoms with Crippen molar-refractivity contribution in [3.05, 3.63) is 48.0 Å². The fourth-order valence-electron chi connectivity index (χ4n) is 1.68. The fourth-order valence-corrected chi connectivity index (χ4v) is 1.68. The zero-order valence-electron chi connectivity index (χ0n) is 10.7. The van der Waals surface area contributed by atoms with Crippen LogP contribution in [0.25, 0.3) is 0 Å². The van der Waals surface area contributed by atoms with Gasteiger partial charge in [0.25, 0.3) is 0 Å². The predicted octanol–water partition coefficient (Wildman–Crippen LogP) is 2.11. The lowest BCUT2D eigenvalue weighted by Gasteiger charge is -2.15. The van der Waals surface area contributed by atoms with E-state index in [1.165, 1.54) is 11.6 Å². The molecule has 1 atom stereocenters. The highest BCUT2D eigenvalue weighted by atomic mass is 16.1. The summed E-state index contributed by atoms with van der Waals surface area (Å²) in [4.78, 5) is 13.3. The van der Waals surface area contributed by atoms with E-state index < -0.39 is 0 Å². The van der Waals surface area contributed by atoms with E-state index >= 15 is 0 Å². The summed E-state index contributed by atoms with van der Waals surface area (Å²) in [7, 11) is 4.07. The number of amides is 1. The number of nitrogens with one attached hydrogen (secondary N) is 1. The van der Waals surface area contributed by atoms with E-state index in [1.54, 1.807) is 0 Å². The smallest absolute Gasteiger partial charge is 0.243 e. The van der Waals surface area contributed by atoms with E-state index in [1.807, 2.05) is 33.2 Å². The van der Waals surface area contributed by atoms with Crippen LogP contribution < -0.4 is 5.32 Å². The Morgan fingerprint density at radius 3 is 2.82 bits per heavy atom. The molecule has 0 saturated carbocycles. The standard InChI is InChI=1S/C14H20N2O/c1-5-14(17)15-11(2)13-8-6-7-12(9-13)10-16(3)4/h5-9,11H,1,10H2,2-4H3,(H,15,17). The normalized spacial score (nSPS) is 12.2. The van der Waals surface area contributed by atoms with Gasteiger partial charge in [-0.1, -0.05) is 30.8 Å². The van der Waals surface area contributed by atoms with Crippen molar-refractivity contribution in [1.29, 1.82) is 0 Å². The highest BCUT2D eigenvalue weighted by Crippen LogP contribution is 2.14. The van der Waals surface area contributed by atoms with Crippen LogP contribution in [0.3, 0.4) is 0 Å². The Morgan fingerprint density at radius 1 is 1.53 bits per heavy atom. The maximum absolute atomic E-state index is 11.2. The summed E-state index contributed by atoms with van der Waals surface area (Å²) in [5.41, 5.74) is 2.35. The minimum Gasteiger partial charge on any atom is -0.346 e. The van der Waals surface area contributed by atoms with Gasteiger partial charge in [-0.2, -0.15) is 0 Å². The monoisotopic (exact) mass is 232 g/mol. The van der Waals surface area contributed by atoms with Crippen LogP contribution >= 0.6 is 0 Å². The lowest BCUT2D eigenvalue weighted by Crippen LogP contribution is -2.24. The minimum absolute atomic E-state index is 0.00242. The van der Waals surface area contributed by atoms with Crippen molar-refractivity contribution < 1.29 is 4.79 Å². The molecule has 0 aromatic heterocycles. The highest BCUT2D eigenvalue weighted by Gasteiger charge is 2.07. The van der Waals surface area contributed by atoms with Gasteiger partial charge < -0.3 is 10.2 Å². The van der Waals surface area contributed by atoms with Gasteiger partial charge in [0.15, 0.2) is 0 Å². The van der Waals surface area contributed by atoms with E-state index in [4.69, 9.17) is 0 Å². The van der Waals surface area contributed by atoms with Crippen molar-refractivity contribution in [3.63, 3.8) is 0 Å². The van der Waals surface area contributed by atoms with E-state index in [0.29, 0.717) is 0 Å². The SMILES string of the molecule is C=CC(=O)NC(C)c1cccc(CN(C)C)c1. The summed E-state index contributed by atoms with van der Waals surface area (Å²) < 4.78 is 0. The molecule has 1 N–H and O–H groups in total. The maximum atomic E-state index is 11.2. The third-order valence-corrected chi connectivity index (χ3v) is 2.49. The third-order valence-electron chi connectivity index (χ3n) is 2.49. The van der Waals surface area contributed by atoms with E-state index in [-0.39, 0.29) is 11.9 Å². The molecule has 3 heteroatoms. The predicted molar refractivity (Wildman–Crippen MR) is 70.6 cm³/mol. The zero-order chi connectivity index (χ0) is 12.8. The molecule has 1 amide bonds. The first-order valence-electron chi connectivity index (χ1n) is 5.69. The van der Waals surface area contributed by atoms with Crippen LogP contribution in [0.5, 0.6) is 0 Å². The number of benzene rings is 1. The topological polar surface area (TPSA) is 32.3 Å². The van der Waals surface area contributed by atoms with Crippen molar-refractivity contribution in [2.45, 2.75) is 19.5 Å². The van der Waals surface area contributed by atoms with Crippen LogP contribution in [0, 0.1) is 0 Å². The van der Waals surface area contributed by atoms with E-state index in [2.05, 4.69) is 28.9 Å². The molecule has 1 unspecified atom stereocenters. The molecule has 1 aromatic rings. The number of hydrogen-bond donors (Lipinski definition) is 1. The largest absolute Gasteiger partial charge is 0.346 e. The highest BCUT2D eigenvalue weighted by molar-refractivity contribution is 5.87. The van der Waals surface area contributed by atoms with Crippen LogP contribution in [-0.4, -0.2) is 24.9 Å². The van der Waals surface area contributed by atoms with Crippen LogP contribution in [-0.2, 0) is 11.3 Å². The molecule has 0 aliphatic rings. The Bertz CT molecular complexity index is 399. The summed E-state index contributed by atoms with van der Waals surface area (Å²) in [6.07, 6.45) is 1.29.